The number of ketones is 1. The van der Waals surface area contributed by atoms with Crippen molar-refractivity contribution in [3.63, 3.8) is 0 Å². The number of carbonyl (C=O) groups excluding carboxylic acids is 2. The second kappa shape index (κ2) is 14.1. The van der Waals surface area contributed by atoms with Crippen LogP contribution in [0.2, 0.25) is 0 Å². The van der Waals surface area contributed by atoms with E-state index >= 15 is 0 Å². The molecule has 0 fully saturated rings. The van der Waals surface area contributed by atoms with Crippen LogP contribution in [-0.4, -0.2) is 41.3 Å². The van der Waals surface area contributed by atoms with Crippen LogP contribution in [0.25, 0.3) is 11.1 Å². The summed E-state index contributed by atoms with van der Waals surface area (Å²) >= 11 is 0. The maximum atomic E-state index is 13.2. The minimum Gasteiger partial charge on any atom is -0.493 e. The Labute approximate surface area is 231 Å². The number of aryl methyl sites for hydroxylation is 1. The van der Waals surface area contributed by atoms with Gasteiger partial charge in [0.05, 0.1) is 6.61 Å². The minimum atomic E-state index is 0.0531. The number of carbonyl (C=O) groups is 2. The van der Waals surface area contributed by atoms with Crippen molar-refractivity contribution < 1.29 is 14.3 Å². The molecule has 5 heteroatoms. The van der Waals surface area contributed by atoms with Gasteiger partial charge in [-0.3, -0.25) is 14.6 Å². The first-order chi connectivity index (χ1) is 19.1. The summed E-state index contributed by atoms with van der Waals surface area (Å²) in [6, 6.07) is 27.7. The summed E-state index contributed by atoms with van der Waals surface area (Å²) in [4.78, 5) is 31.5. The molecule has 4 rings (SSSR count). The maximum Gasteiger partial charge on any atom is 0.254 e. The molecule has 200 valence electrons. The van der Waals surface area contributed by atoms with E-state index in [0.29, 0.717) is 45.4 Å². The highest BCUT2D eigenvalue weighted by atomic mass is 16.5. The SMILES string of the molecule is CCN(CC)C(=O)c1ccccc1-c1ccccc1CCOc1ccc(CC(=O)CCc2cccnc2)cc1. The molecule has 0 saturated carbocycles. The van der Waals surface area contributed by atoms with Gasteiger partial charge in [-0.05, 0) is 72.4 Å². The Morgan fingerprint density at radius 1 is 0.769 bits per heavy atom. The zero-order valence-electron chi connectivity index (χ0n) is 22.8. The molecule has 3 aromatic carbocycles. The highest BCUT2D eigenvalue weighted by molar-refractivity contribution is 6.01. The number of hydrogen-bond donors (Lipinski definition) is 0. The Bertz CT molecular complexity index is 1360. The fraction of sp³-hybridized carbons (Fsp3) is 0.265. The quantitative estimate of drug-likeness (QED) is 0.199. The van der Waals surface area contributed by atoms with Gasteiger partial charge in [-0.1, -0.05) is 60.7 Å². The molecule has 1 aromatic heterocycles. The molecule has 0 aliphatic rings. The molecule has 0 N–H and O–H groups in total. The van der Waals surface area contributed by atoms with Crippen molar-refractivity contribution in [3.05, 3.63) is 120 Å². The van der Waals surface area contributed by atoms with Crippen LogP contribution in [0.1, 0.15) is 47.3 Å². The van der Waals surface area contributed by atoms with Crippen LogP contribution >= 0.6 is 0 Å². The summed E-state index contributed by atoms with van der Waals surface area (Å²) in [5, 5.41) is 0. The van der Waals surface area contributed by atoms with Crippen molar-refractivity contribution in [1.29, 1.82) is 0 Å². The van der Waals surface area contributed by atoms with Gasteiger partial charge in [0.15, 0.2) is 0 Å². The first-order valence-electron chi connectivity index (χ1n) is 13.7. The molecule has 1 amide bonds. The van der Waals surface area contributed by atoms with E-state index in [2.05, 4.69) is 17.1 Å². The van der Waals surface area contributed by atoms with Crippen LogP contribution in [0.5, 0.6) is 5.75 Å². The van der Waals surface area contributed by atoms with Crippen LogP contribution in [-0.2, 0) is 24.1 Å². The zero-order valence-corrected chi connectivity index (χ0v) is 22.8. The number of ether oxygens (including phenoxy) is 1. The van der Waals surface area contributed by atoms with Crippen LogP contribution in [0.3, 0.4) is 0 Å². The molecule has 0 bridgehead atoms. The Balaban J connectivity index is 1.35. The lowest BCUT2D eigenvalue weighted by Gasteiger charge is -2.21. The lowest BCUT2D eigenvalue weighted by molar-refractivity contribution is -0.118. The second-order valence-electron chi connectivity index (χ2n) is 9.50. The lowest BCUT2D eigenvalue weighted by atomic mass is 9.93. The van der Waals surface area contributed by atoms with Crippen LogP contribution < -0.4 is 4.74 Å². The lowest BCUT2D eigenvalue weighted by Crippen LogP contribution is -2.30. The van der Waals surface area contributed by atoms with E-state index in [0.717, 1.165) is 39.1 Å². The number of pyridine rings is 1. The molecule has 1 heterocycles. The highest BCUT2D eigenvalue weighted by Crippen LogP contribution is 2.29. The average Bonchev–Trinajstić information content (AvgIpc) is 2.98. The predicted octanol–water partition coefficient (Wildman–Crippen LogP) is 6.60. The number of amides is 1. The van der Waals surface area contributed by atoms with Gasteiger partial charge >= 0.3 is 0 Å². The second-order valence-corrected chi connectivity index (χ2v) is 9.50. The Hall–Kier alpha value is -4.25. The summed E-state index contributed by atoms with van der Waals surface area (Å²) in [6.07, 6.45) is 5.89. The zero-order chi connectivity index (χ0) is 27.5. The van der Waals surface area contributed by atoms with Gasteiger partial charge in [-0.25, -0.2) is 0 Å². The first kappa shape index (κ1) is 27.8. The van der Waals surface area contributed by atoms with Gasteiger partial charge in [-0.2, -0.15) is 0 Å². The largest absolute Gasteiger partial charge is 0.493 e. The Morgan fingerprint density at radius 3 is 2.21 bits per heavy atom. The van der Waals surface area contributed by atoms with Crippen LogP contribution in [0.4, 0.5) is 0 Å². The molecular formula is C34H36N2O3. The van der Waals surface area contributed by atoms with Crippen molar-refractivity contribution in [2.75, 3.05) is 19.7 Å². The highest BCUT2D eigenvalue weighted by Gasteiger charge is 2.18. The number of hydrogen-bond acceptors (Lipinski definition) is 4. The summed E-state index contributed by atoms with van der Waals surface area (Å²) < 4.78 is 6.05. The monoisotopic (exact) mass is 520 g/mol. The van der Waals surface area contributed by atoms with E-state index in [9.17, 15) is 9.59 Å². The number of Topliss-reactive ketones (excluding diaryl/α,β-unsaturated/α-hetero) is 1. The van der Waals surface area contributed by atoms with Crippen molar-refractivity contribution in [2.24, 2.45) is 0 Å². The number of benzene rings is 3. The van der Waals surface area contributed by atoms with Crippen molar-refractivity contribution in [2.45, 2.75) is 39.5 Å². The van der Waals surface area contributed by atoms with Gasteiger partial charge in [-0.15, -0.1) is 0 Å². The normalized spacial score (nSPS) is 10.7. The molecule has 0 spiro atoms. The van der Waals surface area contributed by atoms with Gasteiger partial charge in [0, 0.05) is 50.3 Å². The number of nitrogens with zero attached hydrogens (tertiary/aromatic N) is 2. The fourth-order valence-electron chi connectivity index (χ4n) is 4.71. The Morgan fingerprint density at radius 2 is 1.49 bits per heavy atom. The van der Waals surface area contributed by atoms with E-state index < -0.39 is 0 Å². The molecular weight excluding hydrogens is 484 g/mol. The summed E-state index contributed by atoms with van der Waals surface area (Å²) in [5.74, 6) is 1.04. The smallest absolute Gasteiger partial charge is 0.254 e. The topological polar surface area (TPSA) is 59.5 Å². The molecule has 0 saturated heterocycles. The van der Waals surface area contributed by atoms with E-state index in [1.165, 1.54) is 0 Å². The number of aromatic nitrogens is 1. The molecule has 0 atom stereocenters. The minimum absolute atomic E-state index is 0.0531. The Kier molecular flexibility index (Phi) is 10.0. The molecule has 0 aliphatic heterocycles. The van der Waals surface area contributed by atoms with Gasteiger partial charge in [0.25, 0.3) is 5.91 Å². The standard InChI is InChI=1S/C34H36N2O3/c1-3-36(4-2)34(38)33-14-8-7-13-32(33)31-12-6-5-11-28(31)21-23-39-30-19-16-26(17-20-30)24-29(37)18-15-27-10-9-22-35-25-27/h5-14,16-17,19-20,22,25H,3-4,15,18,21,23-24H2,1-2H3. The maximum absolute atomic E-state index is 13.2. The van der Waals surface area contributed by atoms with E-state index in [4.69, 9.17) is 4.74 Å². The molecule has 5 nitrogen and oxygen atoms in total. The predicted molar refractivity (Wildman–Crippen MR) is 156 cm³/mol. The van der Waals surface area contributed by atoms with Crippen LogP contribution in [0, 0.1) is 0 Å². The summed E-state index contributed by atoms with van der Waals surface area (Å²) in [6.45, 7) is 5.87. The van der Waals surface area contributed by atoms with Crippen molar-refractivity contribution >= 4 is 11.7 Å². The van der Waals surface area contributed by atoms with E-state index in [1.807, 2.05) is 97.7 Å². The third kappa shape index (κ3) is 7.64. The third-order valence-corrected chi connectivity index (χ3v) is 6.90. The van der Waals surface area contributed by atoms with Crippen molar-refractivity contribution in [1.82, 2.24) is 9.88 Å². The molecule has 4 aromatic rings. The molecule has 0 radical (unpaired) electrons. The summed E-state index contributed by atoms with van der Waals surface area (Å²) in [5.41, 5.74) is 5.92. The fourth-order valence-corrected chi connectivity index (χ4v) is 4.71. The van der Waals surface area contributed by atoms with Gasteiger partial charge < -0.3 is 9.64 Å². The average molecular weight is 521 g/mol. The molecule has 0 aliphatic carbocycles. The van der Waals surface area contributed by atoms with E-state index in [1.54, 1.807) is 6.20 Å². The van der Waals surface area contributed by atoms with Crippen molar-refractivity contribution in [3.8, 4) is 16.9 Å². The molecule has 39 heavy (non-hydrogen) atoms. The van der Waals surface area contributed by atoms with Crippen LogP contribution in [0.15, 0.2) is 97.3 Å². The number of rotatable bonds is 13. The summed E-state index contributed by atoms with van der Waals surface area (Å²) in [7, 11) is 0. The first-order valence-corrected chi connectivity index (χ1v) is 13.7. The third-order valence-electron chi connectivity index (χ3n) is 6.90. The van der Waals surface area contributed by atoms with E-state index in [-0.39, 0.29) is 11.7 Å². The van der Waals surface area contributed by atoms with Gasteiger partial charge in [0.1, 0.15) is 11.5 Å². The van der Waals surface area contributed by atoms with Gasteiger partial charge in [0.2, 0.25) is 0 Å². The molecule has 0 unspecified atom stereocenters.